The summed E-state index contributed by atoms with van der Waals surface area (Å²) >= 11 is 0. The van der Waals surface area contributed by atoms with E-state index in [2.05, 4.69) is 36.9 Å². The van der Waals surface area contributed by atoms with Crippen molar-refractivity contribution in [3.63, 3.8) is 0 Å². The fraction of sp³-hybridized carbons (Fsp3) is 0.400. The van der Waals surface area contributed by atoms with Gasteiger partial charge in [0.15, 0.2) is 0 Å². The normalized spacial score (nSPS) is 19.2. The van der Waals surface area contributed by atoms with Crippen molar-refractivity contribution in [3.05, 3.63) is 78.4 Å². The summed E-state index contributed by atoms with van der Waals surface area (Å²) in [6.45, 7) is 5.13. The van der Waals surface area contributed by atoms with Crippen LogP contribution in [0.4, 0.5) is 17.1 Å². The number of hydrogen-bond donors (Lipinski definition) is 0. The van der Waals surface area contributed by atoms with Crippen molar-refractivity contribution in [2.75, 3.05) is 37.5 Å². The van der Waals surface area contributed by atoms with E-state index in [4.69, 9.17) is 4.74 Å². The molecule has 0 saturated carbocycles. The van der Waals surface area contributed by atoms with Gasteiger partial charge in [0.05, 0.1) is 18.3 Å². The van der Waals surface area contributed by atoms with E-state index < -0.39 is 15.6 Å². The van der Waals surface area contributed by atoms with Crippen LogP contribution in [0.2, 0.25) is 0 Å². The zero-order valence-corrected chi connectivity index (χ0v) is 23.4. The van der Waals surface area contributed by atoms with Crippen LogP contribution in [0.1, 0.15) is 45.1 Å². The molecule has 0 bridgehead atoms. The number of ether oxygens (including phenoxy) is 1. The predicted octanol–water partition coefficient (Wildman–Crippen LogP) is 6.24. The largest absolute Gasteiger partial charge is 0.497 e. The van der Waals surface area contributed by atoms with Gasteiger partial charge in [-0.05, 0) is 54.8 Å². The number of sulfonamides is 1. The molecule has 1 radical (unpaired) electrons. The Morgan fingerprint density at radius 1 is 1.05 bits per heavy atom. The molecule has 0 N–H and O–H groups in total. The molecule has 4 rings (SSSR count). The van der Waals surface area contributed by atoms with Crippen LogP contribution in [0, 0.1) is 6.07 Å². The highest BCUT2D eigenvalue weighted by Gasteiger charge is 2.48. The third kappa shape index (κ3) is 5.34. The Morgan fingerprint density at radius 2 is 1.76 bits per heavy atom. The summed E-state index contributed by atoms with van der Waals surface area (Å²) in [5.41, 5.74) is 2.86. The van der Waals surface area contributed by atoms with Crippen LogP contribution >= 0.6 is 0 Å². The van der Waals surface area contributed by atoms with Gasteiger partial charge in [0.2, 0.25) is 10.0 Å². The minimum absolute atomic E-state index is 0.293. The summed E-state index contributed by atoms with van der Waals surface area (Å²) in [7, 11) is 1.67. The fourth-order valence-corrected chi connectivity index (χ4v) is 7.11. The van der Waals surface area contributed by atoms with Crippen molar-refractivity contribution in [1.29, 1.82) is 0 Å². The second-order valence-corrected chi connectivity index (χ2v) is 11.8. The number of unbranched alkanes of at least 4 members (excludes halogenated alkanes) is 1. The van der Waals surface area contributed by atoms with Crippen molar-refractivity contribution < 1.29 is 13.2 Å². The number of rotatable bonds is 9. The van der Waals surface area contributed by atoms with Gasteiger partial charge in [-0.1, -0.05) is 57.0 Å². The number of fused-ring (bicyclic) bond motifs is 1. The summed E-state index contributed by atoms with van der Waals surface area (Å²) < 4.78 is 36.3. The van der Waals surface area contributed by atoms with Gasteiger partial charge >= 0.3 is 0 Å². The van der Waals surface area contributed by atoms with Crippen LogP contribution < -0.4 is 14.5 Å². The molecule has 197 valence electrons. The smallest absolute Gasteiger partial charge is 0.246 e. The average Bonchev–Trinajstić information content (AvgIpc) is 3.00. The van der Waals surface area contributed by atoms with E-state index in [1.54, 1.807) is 17.5 Å². The zero-order valence-electron chi connectivity index (χ0n) is 22.6. The molecule has 7 heteroatoms. The lowest BCUT2D eigenvalue weighted by molar-refractivity contribution is 0.163. The summed E-state index contributed by atoms with van der Waals surface area (Å²) in [5.74, 6) is 0.752. The summed E-state index contributed by atoms with van der Waals surface area (Å²) in [6, 6.07) is 24.6. The van der Waals surface area contributed by atoms with Crippen LogP contribution in [0.3, 0.4) is 0 Å². The second kappa shape index (κ2) is 11.2. The Kier molecular flexibility index (Phi) is 8.14. The molecule has 0 spiro atoms. The zero-order chi connectivity index (χ0) is 26.6. The van der Waals surface area contributed by atoms with E-state index in [-0.39, 0.29) is 0 Å². The van der Waals surface area contributed by atoms with Crippen LogP contribution in [-0.2, 0) is 16.6 Å². The Bertz CT molecular complexity index is 1290. The van der Waals surface area contributed by atoms with Gasteiger partial charge in [-0.25, -0.2) is 8.42 Å². The highest BCUT2D eigenvalue weighted by Crippen LogP contribution is 2.45. The van der Waals surface area contributed by atoms with Gasteiger partial charge in [-0.3, -0.25) is 0 Å². The molecule has 1 aliphatic heterocycles. The number of hydrogen-bond acceptors (Lipinski definition) is 5. The molecule has 0 saturated heterocycles. The second-order valence-electron chi connectivity index (χ2n) is 9.93. The lowest BCUT2D eigenvalue weighted by Crippen LogP contribution is -2.54. The molecule has 6 nitrogen and oxygen atoms in total. The standard InChI is InChI=1S/C30H38N3O3S/c1-6-8-20-30(7-2)23-32(25-12-10-9-11-13-25)28-21-26(31(3)4)16-19-29(28)37(34,35)33(30)22-24-14-17-27(36-5)18-15-24/h9-15,17-19,21H,6-8,20,22-23H2,1-5H3. The lowest BCUT2D eigenvalue weighted by Gasteiger charge is -2.43. The molecular weight excluding hydrogens is 482 g/mol. The maximum Gasteiger partial charge on any atom is 0.246 e. The molecule has 1 heterocycles. The van der Waals surface area contributed by atoms with E-state index in [1.165, 1.54) is 0 Å². The van der Waals surface area contributed by atoms with Crippen molar-refractivity contribution in [3.8, 4) is 5.75 Å². The summed E-state index contributed by atoms with van der Waals surface area (Å²) in [6.07, 6.45) is 3.41. The van der Waals surface area contributed by atoms with Gasteiger partial charge in [0.1, 0.15) is 10.6 Å². The van der Waals surface area contributed by atoms with Gasteiger partial charge in [-0.15, -0.1) is 0 Å². The first-order valence-corrected chi connectivity index (χ1v) is 14.4. The maximum atomic E-state index is 14.6. The van der Waals surface area contributed by atoms with Gasteiger partial charge in [-0.2, -0.15) is 4.31 Å². The molecule has 0 aromatic heterocycles. The molecule has 0 fully saturated rings. The Labute approximate surface area is 222 Å². The molecule has 1 aliphatic rings. The fourth-order valence-electron chi connectivity index (χ4n) is 5.13. The topological polar surface area (TPSA) is 53.1 Å². The minimum atomic E-state index is -3.86. The van der Waals surface area contributed by atoms with Gasteiger partial charge in [0, 0.05) is 44.6 Å². The molecule has 1 atom stereocenters. The summed E-state index contributed by atoms with van der Waals surface area (Å²) in [5, 5.41) is 0. The molecule has 37 heavy (non-hydrogen) atoms. The first-order valence-electron chi connectivity index (χ1n) is 13.0. The Balaban J connectivity index is 1.95. The Hall–Kier alpha value is -3.03. The van der Waals surface area contributed by atoms with E-state index in [0.29, 0.717) is 30.1 Å². The third-order valence-electron chi connectivity index (χ3n) is 7.41. The minimum Gasteiger partial charge on any atom is -0.497 e. The highest BCUT2D eigenvalue weighted by molar-refractivity contribution is 7.89. The predicted molar refractivity (Wildman–Crippen MR) is 151 cm³/mol. The third-order valence-corrected chi connectivity index (χ3v) is 9.39. The lowest BCUT2D eigenvalue weighted by atomic mass is 9.88. The van der Waals surface area contributed by atoms with Crippen molar-refractivity contribution >= 4 is 27.1 Å². The van der Waals surface area contributed by atoms with Crippen molar-refractivity contribution in [2.24, 2.45) is 0 Å². The van der Waals surface area contributed by atoms with Crippen LogP contribution in [0.15, 0.2) is 71.6 Å². The van der Waals surface area contributed by atoms with Gasteiger partial charge < -0.3 is 14.5 Å². The van der Waals surface area contributed by atoms with E-state index in [1.807, 2.05) is 67.5 Å². The Morgan fingerprint density at radius 3 is 2.35 bits per heavy atom. The molecule has 1 unspecified atom stereocenters. The number of benzene rings is 3. The van der Waals surface area contributed by atoms with E-state index in [0.717, 1.165) is 42.0 Å². The molecule has 0 aliphatic carbocycles. The number of para-hydroxylation sites is 1. The molecule has 3 aromatic carbocycles. The monoisotopic (exact) mass is 520 g/mol. The van der Waals surface area contributed by atoms with Crippen molar-refractivity contribution in [2.45, 2.75) is 56.5 Å². The quantitative estimate of drug-likeness (QED) is 0.334. The number of methoxy groups -OCH3 is 1. The summed E-state index contributed by atoms with van der Waals surface area (Å²) in [4.78, 5) is 4.45. The van der Waals surface area contributed by atoms with Gasteiger partial charge in [0.25, 0.3) is 0 Å². The van der Waals surface area contributed by atoms with E-state index >= 15 is 0 Å². The van der Waals surface area contributed by atoms with Crippen LogP contribution in [0.25, 0.3) is 0 Å². The average molecular weight is 521 g/mol. The van der Waals surface area contributed by atoms with Crippen LogP contribution in [0.5, 0.6) is 5.75 Å². The highest BCUT2D eigenvalue weighted by atomic mass is 32.2. The molecule has 0 amide bonds. The van der Waals surface area contributed by atoms with E-state index in [9.17, 15) is 8.42 Å². The SMILES string of the molecule is CCCCC1(CC)CN(c2ccccc2)c2cc(N(C)C)[c]cc2S(=O)(=O)N1Cc1ccc(OC)cc1. The first-order chi connectivity index (χ1) is 17.8. The first kappa shape index (κ1) is 27.0. The number of anilines is 3. The molecule has 3 aromatic rings. The molecular formula is C30H38N3O3S. The van der Waals surface area contributed by atoms with Crippen LogP contribution in [-0.4, -0.2) is 46.0 Å². The van der Waals surface area contributed by atoms with Crippen molar-refractivity contribution in [1.82, 2.24) is 4.31 Å². The maximum absolute atomic E-state index is 14.6. The number of nitrogens with zero attached hydrogens (tertiary/aromatic N) is 3.